The molecule has 8 heteroatoms. The molecule has 2 amide bonds. The van der Waals surface area contributed by atoms with Gasteiger partial charge in [-0.1, -0.05) is 74.0 Å². The molecule has 3 aromatic rings. The van der Waals surface area contributed by atoms with Gasteiger partial charge in [-0.25, -0.2) is 4.39 Å². The first-order chi connectivity index (χ1) is 17.4. The highest BCUT2D eigenvalue weighted by Gasteiger charge is 2.31. The van der Waals surface area contributed by atoms with Crippen molar-refractivity contribution < 1.29 is 18.9 Å². The van der Waals surface area contributed by atoms with Crippen LogP contribution in [0.25, 0.3) is 0 Å². The molecule has 0 saturated carbocycles. The monoisotopic (exact) mass is 491 g/mol. The first kappa shape index (κ1) is 26.5. The Balaban J connectivity index is 1.98. The summed E-state index contributed by atoms with van der Waals surface area (Å²) in [6, 6.07) is 20.3. The Morgan fingerprint density at radius 3 is 2.31 bits per heavy atom. The molecule has 188 valence electrons. The Bertz CT molecular complexity index is 1170. The second-order valence-corrected chi connectivity index (χ2v) is 8.56. The highest BCUT2D eigenvalue weighted by atomic mass is 19.1. The van der Waals surface area contributed by atoms with Crippen LogP contribution in [0.4, 0.5) is 10.1 Å². The predicted octanol–water partition coefficient (Wildman–Crippen LogP) is 4.83. The molecular weight excluding hydrogens is 461 g/mol. The van der Waals surface area contributed by atoms with Crippen LogP contribution in [-0.4, -0.2) is 34.2 Å². The molecule has 3 aromatic carbocycles. The van der Waals surface area contributed by atoms with Gasteiger partial charge in [0, 0.05) is 31.1 Å². The third-order valence-corrected chi connectivity index (χ3v) is 5.90. The van der Waals surface area contributed by atoms with Gasteiger partial charge < -0.3 is 10.2 Å². The van der Waals surface area contributed by atoms with E-state index >= 15 is 0 Å². The lowest BCUT2D eigenvalue weighted by molar-refractivity contribution is -0.385. The average molecular weight is 492 g/mol. The van der Waals surface area contributed by atoms with Gasteiger partial charge in [-0.3, -0.25) is 19.7 Å². The maximum Gasteiger partial charge on any atom is 0.273 e. The summed E-state index contributed by atoms with van der Waals surface area (Å²) in [4.78, 5) is 39.5. The molecule has 0 aromatic heterocycles. The van der Waals surface area contributed by atoms with Crippen molar-refractivity contribution in [2.75, 3.05) is 6.54 Å². The van der Waals surface area contributed by atoms with Gasteiger partial charge in [0.15, 0.2) is 0 Å². The zero-order valence-electron chi connectivity index (χ0n) is 20.2. The predicted molar refractivity (Wildman–Crippen MR) is 136 cm³/mol. The van der Waals surface area contributed by atoms with E-state index in [2.05, 4.69) is 5.32 Å². The molecular formula is C28H30FN3O4. The maximum absolute atomic E-state index is 13.7. The standard InChI is InChI=1S/C28H30FN3O4/c1-2-3-17-30-28(34)26(18-21-9-5-4-6-10-21)31(20-22-13-15-24(29)16-14-22)27(33)19-23-11-7-8-12-25(23)32(35)36/h4-16,26H,2-3,17-20H2,1H3,(H,30,34). The Morgan fingerprint density at radius 2 is 1.64 bits per heavy atom. The normalized spacial score (nSPS) is 11.5. The van der Waals surface area contributed by atoms with Crippen LogP contribution >= 0.6 is 0 Å². The summed E-state index contributed by atoms with van der Waals surface area (Å²) in [5.41, 5.74) is 1.63. The van der Waals surface area contributed by atoms with Crippen LogP contribution in [0.3, 0.4) is 0 Å². The average Bonchev–Trinajstić information content (AvgIpc) is 2.88. The largest absolute Gasteiger partial charge is 0.354 e. The molecule has 0 aliphatic carbocycles. The van der Waals surface area contributed by atoms with E-state index in [-0.39, 0.29) is 36.5 Å². The second kappa shape index (κ2) is 13.1. The van der Waals surface area contributed by atoms with E-state index in [1.807, 2.05) is 37.3 Å². The van der Waals surface area contributed by atoms with E-state index < -0.39 is 22.7 Å². The fourth-order valence-electron chi connectivity index (χ4n) is 3.95. The topological polar surface area (TPSA) is 92.6 Å². The van der Waals surface area contributed by atoms with Crippen molar-refractivity contribution in [3.63, 3.8) is 0 Å². The Kier molecular flexibility index (Phi) is 9.68. The first-order valence-electron chi connectivity index (χ1n) is 12.0. The van der Waals surface area contributed by atoms with Gasteiger partial charge >= 0.3 is 0 Å². The number of nitro benzene ring substituents is 1. The molecule has 1 unspecified atom stereocenters. The molecule has 3 rings (SSSR count). The van der Waals surface area contributed by atoms with Gasteiger partial charge in [0.25, 0.3) is 5.69 Å². The molecule has 0 radical (unpaired) electrons. The zero-order valence-corrected chi connectivity index (χ0v) is 20.2. The fraction of sp³-hybridized carbons (Fsp3) is 0.286. The third kappa shape index (κ3) is 7.46. The van der Waals surface area contributed by atoms with Crippen molar-refractivity contribution in [2.45, 2.75) is 45.2 Å². The smallest absolute Gasteiger partial charge is 0.273 e. The number of nitrogens with one attached hydrogen (secondary N) is 1. The molecule has 0 bridgehead atoms. The van der Waals surface area contributed by atoms with Crippen molar-refractivity contribution in [3.05, 3.63) is 111 Å². The molecule has 0 fully saturated rings. The lowest BCUT2D eigenvalue weighted by Crippen LogP contribution is -2.51. The number of carbonyl (C=O) groups is 2. The van der Waals surface area contributed by atoms with Crippen LogP contribution in [0.5, 0.6) is 0 Å². The summed E-state index contributed by atoms with van der Waals surface area (Å²) >= 11 is 0. The van der Waals surface area contributed by atoms with Crippen molar-refractivity contribution in [1.29, 1.82) is 0 Å². The molecule has 7 nitrogen and oxygen atoms in total. The SMILES string of the molecule is CCCCNC(=O)C(Cc1ccccc1)N(Cc1ccc(F)cc1)C(=O)Cc1ccccc1[N+](=O)[O-]. The lowest BCUT2D eigenvalue weighted by atomic mass is 10.0. The number of carbonyl (C=O) groups excluding carboxylic acids is 2. The van der Waals surface area contributed by atoms with Gasteiger partial charge in [0.2, 0.25) is 11.8 Å². The number of halogens is 1. The van der Waals surface area contributed by atoms with Crippen LogP contribution in [0.15, 0.2) is 78.9 Å². The maximum atomic E-state index is 13.7. The Morgan fingerprint density at radius 1 is 0.972 bits per heavy atom. The summed E-state index contributed by atoms with van der Waals surface area (Å²) < 4.78 is 13.5. The van der Waals surface area contributed by atoms with Crippen LogP contribution < -0.4 is 5.32 Å². The third-order valence-electron chi connectivity index (χ3n) is 5.90. The minimum absolute atomic E-state index is 0.0540. The summed E-state index contributed by atoms with van der Waals surface area (Å²) in [6.07, 6.45) is 1.72. The number of hydrogen-bond donors (Lipinski definition) is 1. The van der Waals surface area contributed by atoms with Gasteiger partial charge in [0.1, 0.15) is 11.9 Å². The van der Waals surface area contributed by atoms with E-state index in [1.54, 1.807) is 30.3 Å². The van der Waals surface area contributed by atoms with E-state index in [0.29, 0.717) is 12.1 Å². The van der Waals surface area contributed by atoms with Gasteiger partial charge in [0.05, 0.1) is 11.3 Å². The zero-order chi connectivity index (χ0) is 25.9. The molecule has 36 heavy (non-hydrogen) atoms. The minimum Gasteiger partial charge on any atom is -0.354 e. The summed E-state index contributed by atoms with van der Waals surface area (Å²) in [5.74, 6) is -1.14. The molecule has 0 aliphatic heterocycles. The Hall–Kier alpha value is -4.07. The molecule has 0 heterocycles. The number of nitro groups is 1. The molecule has 0 aliphatic rings. The molecule has 0 spiro atoms. The number of amides is 2. The van der Waals surface area contributed by atoms with Crippen LogP contribution in [0.2, 0.25) is 0 Å². The highest BCUT2D eigenvalue weighted by molar-refractivity contribution is 5.89. The number of nitrogens with zero attached hydrogens (tertiary/aromatic N) is 2. The van der Waals surface area contributed by atoms with Gasteiger partial charge in [-0.2, -0.15) is 0 Å². The van der Waals surface area contributed by atoms with E-state index in [1.165, 1.54) is 23.1 Å². The number of para-hydroxylation sites is 1. The number of benzene rings is 3. The van der Waals surface area contributed by atoms with Crippen LogP contribution in [-0.2, 0) is 29.0 Å². The number of hydrogen-bond acceptors (Lipinski definition) is 4. The first-order valence-corrected chi connectivity index (χ1v) is 12.0. The molecule has 1 N–H and O–H groups in total. The van der Waals surface area contributed by atoms with Crippen molar-refractivity contribution >= 4 is 17.5 Å². The summed E-state index contributed by atoms with van der Waals surface area (Å²) in [5, 5.41) is 14.4. The van der Waals surface area contributed by atoms with E-state index in [4.69, 9.17) is 0 Å². The molecule has 1 atom stereocenters. The Labute approximate surface area is 210 Å². The summed E-state index contributed by atoms with van der Waals surface area (Å²) in [6.45, 7) is 2.55. The minimum atomic E-state index is -0.857. The number of rotatable bonds is 12. The van der Waals surface area contributed by atoms with E-state index in [0.717, 1.165) is 18.4 Å². The van der Waals surface area contributed by atoms with E-state index in [9.17, 15) is 24.1 Å². The number of unbranched alkanes of at least 4 members (excludes halogenated alkanes) is 1. The lowest BCUT2D eigenvalue weighted by Gasteiger charge is -2.31. The van der Waals surface area contributed by atoms with Gasteiger partial charge in [-0.15, -0.1) is 0 Å². The van der Waals surface area contributed by atoms with Crippen LogP contribution in [0.1, 0.15) is 36.5 Å². The van der Waals surface area contributed by atoms with Crippen molar-refractivity contribution in [1.82, 2.24) is 10.2 Å². The van der Waals surface area contributed by atoms with Gasteiger partial charge in [-0.05, 0) is 29.7 Å². The highest BCUT2D eigenvalue weighted by Crippen LogP contribution is 2.22. The second-order valence-electron chi connectivity index (χ2n) is 8.56. The fourth-order valence-corrected chi connectivity index (χ4v) is 3.95. The van der Waals surface area contributed by atoms with Crippen molar-refractivity contribution in [2.24, 2.45) is 0 Å². The van der Waals surface area contributed by atoms with Crippen LogP contribution in [0, 0.1) is 15.9 Å². The van der Waals surface area contributed by atoms with Crippen molar-refractivity contribution in [3.8, 4) is 0 Å². The summed E-state index contributed by atoms with van der Waals surface area (Å²) in [7, 11) is 0. The molecule has 0 saturated heterocycles. The quantitative estimate of drug-likeness (QED) is 0.223.